The van der Waals surface area contributed by atoms with E-state index in [1.165, 1.54) is 5.39 Å². The summed E-state index contributed by atoms with van der Waals surface area (Å²) < 4.78 is 0. The van der Waals surface area contributed by atoms with E-state index in [1.807, 2.05) is 30.3 Å². The van der Waals surface area contributed by atoms with Gasteiger partial charge in [-0.2, -0.15) is 0 Å². The van der Waals surface area contributed by atoms with Gasteiger partial charge in [0, 0.05) is 6.42 Å². The maximum Gasteiger partial charge on any atom is 0.348 e. The molecular weight excluding hydrogens is 310 g/mol. The molecule has 0 bridgehead atoms. The van der Waals surface area contributed by atoms with Crippen LogP contribution in [0.1, 0.15) is 21.7 Å². The van der Waals surface area contributed by atoms with E-state index in [9.17, 15) is 9.59 Å². The Bertz CT molecular complexity index is 869. The first-order valence-electron chi connectivity index (χ1n) is 7.22. The highest BCUT2D eigenvalue weighted by atomic mass is 32.1. The molecule has 5 heteroatoms. The molecule has 1 heterocycles. The Hall–Kier alpha value is -2.66. The van der Waals surface area contributed by atoms with Crippen molar-refractivity contribution in [3.63, 3.8) is 0 Å². The van der Waals surface area contributed by atoms with Gasteiger partial charge in [-0.25, -0.2) is 4.79 Å². The molecule has 2 N–H and O–H groups in total. The van der Waals surface area contributed by atoms with Crippen LogP contribution >= 0.6 is 11.3 Å². The van der Waals surface area contributed by atoms with Crippen molar-refractivity contribution >= 4 is 39.7 Å². The van der Waals surface area contributed by atoms with E-state index in [0.29, 0.717) is 18.5 Å². The molecule has 0 spiro atoms. The lowest BCUT2D eigenvalue weighted by atomic mass is 10.0. The van der Waals surface area contributed by atoms with E-state index in [1.54, 1.807) is 11.4 Å². The number of nitrogens with one attached hydrogen (secondary N) is 1. The molecule has 0 unspecified atom stereocenters. The van der Waals surface area contributed by atoms with Gasteiger partial charge < -0.3 is 10.4 Å². The molecule has 0 saturated heterocycles. The normalized spacial score (nSPS) is 10.6. The van der Waals surface area contributed by atoms with Crippen molar-refractivity contribution in [2.75, 3.05) is 5.32 Å². The maximum atomic E-state index is 12.0. The second kappa shape index (κ2) is 6.62. The molecule has 3 rings (SSSR count). The third kappa shape index (κ3) is 3.57. The molecule has 0 aliphatic heterocycles. The number of aryl methyl sites for hydroxylation is 1. The zero-order valence-corrected chi connectivity index (χ0v) is 13.1. The first-order valence-corrected chi connectivity index (χ1v) is 8.10. The van der Waals surface area contributed by atoms with Crippen LogP contribution in [0, 0.1) is 0 Å². The number of aromatic carboxylic acids is 1. The Morgan fingerprint density at radius 1 is 1.04 bits per heavy atom. The van der Waals surface area contributed by atoms with E-state index >= 15 is 0 Å². The van der Waals surface area contributed by atoms with Crippen LogP contribution in [0.25, 0.3) is 10.8 Å². The minimum atomic E-state index is -1.02. The Labute approximate surface area is 137 Å². The number of hydrogen-bond donors (Lipinski definition) is 2. The average molecular weight is 325 g/mol. The molecule has 4 nitrogen and oxygen atoms in total. The minimum absolute atomic E-state index is 0.157. The summed E-state index contributed by atoms with van der Waals surface area (Å²) in [5.41, 5.74) is 1.45. The highest BCUT2D eigenvalue weighted by molar-refractivity contribution is 7.12. The number of rotatable bonds is 5. The number of hydrogen-bond acceptors (Lipinski definition) is 3. The molecule has 0 aliphatic rings. The Morgan fingerprint density at radius 3 is 2.61 bits per heavy atom. The van der Waals surface area contributed by atoms with Crippen LogP contribution in [-0.4, -0.2) is 17.0 Å². The minimum Gasteiger partial charge on any atom is -0.477 e. The number of fused-ring (bicyclic) bond motifs is 1. The second-order valence-electron chi connectivity index (χ2n) is 5.20. The number of carbonyl (C=O) groups is 2. The number of carboxylic acids is 1. The maximum absolute atomic E-state index is 12.0. The molecule has 0 atom stereocenters. The molecule has 2 aromatic carbocycles. The van der Waals surface area contributed by atoms with E-state index < -0.39 is 5.97 Å². The molecule has 116 valence electrons. The monoisotopic (exact) mass is 325 g/mol. The first-order chi connectivity index (χ1) is 11.1. The van der Waals surface area contributed by atoms with Crippen LogP contribution in [-0.2, 0) is 11.2 Å². The predicted molar refractivity (Wildman–Crippen MR) is 92.2 cm³/mol. The molecule has 1 amide bonds. The summed E-state index contributed by atoms with van der Waals surface area (Å²) in [6.45, 7) is 0. The van der Waals surface area contributed by atoms with Crippen LogP contribution < -0.4 is 5.32 Å². The topological polar surface area (TPSA) is 66.4 Å². The molecular formula is C18H15NO3S. The smallest absolute Gasteiger partial charge is 0.348 e. The van der Waals surface area contributed by atoms with E-state index in [4.69, 9.17) is 5.11 Å². The fourth-order valence-electron chi connectivity index (χ4n) is 2.44. The molecule has 0 fully saturated rings. The number of carbonyl (C=O) groups excluding carboxylic acids is 1. The van der Waals surface area contributed by atoms with E-state index in [-0.39, 0.29) is 10.8 Å². The fraction of sp³-hybridized carbons (Fsp3) is 0.111. The summed E-state index contributed by atoms with van der Waals surface area (Å²) in [7, 11) is 0. The lowest BCUT2D eigenvalue weighted by Gasteiger charge is -2.06. The average Bonchev–Trinajstić information content (AvgIpc) is 3.01. The van der Waals surface area contributed by atoms with Crippen molar-refractivity contribution in [1.29, 1.82) is 0 Å². The molecule has 0 aliphatic carbocycles. The van der Waals surface area contributed by atoms with Crippen LogP contribution in [0.2, 0.25) is 0 Å². The van der Waals surface area contributed by atoms with Gasteiger partial charge in [0.25, 0.3) is 0 Å². The standard InChI is InChI=1S/C18H15NO3S/c20-16(19-15-9-10-23-17(15)18(21)22)8-6-12-5-7-13-3-1-2-4-14(13)11-12/h1-5,7,9-11H,6,8H2,(H,19,20)(H,21,22). The molecule has 3 aromatic rings. The second-order valence-corrected chi connectivity index (χ2v) is 6.11. The van der Waals surface area contributed by atoms with Crippen molar-refractivity contribution < 1.29 is 14.7 Å². The summed E-state index contributed by atoms with van der Waals surface area (Å²) in [6.07, 6.45) is 0.927. The van der Waals surface area contributed by atoms with Gasteiger partial charge in [0.1, 0.15) is 4.88 Å². The largest absolute Gasteiger partial charge is 0.477 e. The van der Waals surface area contributed by atoms with Crippen molar-refractivity contribution in [2.24, 2.45) is 0 Å². The van der Waals surface area contributed by atoms with Crippen molar-refractivity contribution in [1.82, 2.24) is 0 Å². The quantitative estimate of drug-likeness (QED) is 0.740. The van der Waals surface area contributed by atoms with Gasteiger partial charge in [0.2, 0.25) is 5.91 Å². The van der Waals surface area contributed by atoms with Crippen LogP contribution in [0.15, 0.2) is 53.9 Å². The highest BCUT2D eigenvalue weighted by Crippen LogP contribution is 2.22. The molecule has 0 saturated carbocycles. The summed E-state index contributed by atoms with van der Waals surface area (Å²) in [5.74, 6) is -1.20. The number of benzene rings is 2. The van der Waals surface area contributed by atoms with Crippen molar-refractivity contribution in [3.05, 3.63) is 64.4 Å². The van der Waals surface area contributed by atoms with Gasteiger partial charge in [0.15, 0.2) is 0 Å². The Balaban J connectivity index is 1.63. The lowest BCUT2D eigenvalue weighted by molar-refractivity contribution is -0.116. The van der Waals surface area contributed by atoms with E-state index in [2.05, 4.69) is 17.4 Å². The zero-order valence-electron chi connectivity index (χ0n) is 12.3. The van der Waals surface area contributed by atoms with Crippen LogP contribution in [0.5, 0.6) is 0 Å². The molecule has 0 radical (unpaired) electrons. The Kier molecular flexibility index (Phi) is 4.39. The molecule has 23 heavy (non-hydrogen) atoms. The van der Waals surface area contributed by atoms with Crippen LogP contribution in [0.3, 0.4) is 0 Å². The van der Waals surface area contributed by atoms with Gasteiger partial charge in [0.05, 0.1) is 5.69 Å². The van der Waals surface area contributed by atoms with Crippen molar-refractivity contribution in [2.45, 2.75) is 12.8 Å². The van der Waals surface area contributed by atoms with E-state index in [0.717, 1.165) is 22.3 Å². The lowest BCUT2D eigenvalue weighted by Crippen LogP contribution is -2.13. The van der Waals surface area contributed by atoms with Gasteiger partial charge in [-0.1, -0.05) is 42.5 Å². The number of carboxylic acid groups (broad SMARTS) is 1. The summed E-state index contributed by atoms with van der Waals surface area (Å²) in [4.78, 5) is 23.2. The third-order valence-corrected chi connectivity index (χ3v) is 4.49. The van der Waals surface area contributed by atoms with Gasteiger partial charge in [-0.05, 0) is 34.2 Å². The van der Waals surface area contributed by atoms with Gasteiger partial charge in [-0.15, -0.1) is 11.3 Å². The summed E-state index contributed by atoms with van der Waals surface area (Å²) in [6, 6.07) is 15.8. The van der Waals surface area contributed by atoms with Crippen molar-refractivity contribution in [3.8, 4) is 0 Å². The summed E-state index contributed by atoms with van der Waals surface area (Å²) in [5, 5.41) is 15.7. The zero-order chi connectivity index (χ0) is 16.2. The predicted octanol–water partition coefficient (Wildman–Crippen LogP) is 4.17. The molecule has 1 aromatic heterocycles. The first kappa shape index (κ1) is 15.2. The highest BCUT2D eigenvalue weighted by Gasteiger charge is 2.13. The number of anilines is 1. The SMILES string of the molecule is O=C(CCc1ccc2ccccc2c1)Nc1ccsc1C(=O)O. The summed E-state index contributed by atoms with van der Waals surface area (Å²) >= 11 is 1.10. The number of thiophene rings is 1. The van der Waals surface area contributed by atoms with Gasteiger partial charge in [-0.3, -0.25) is 4.79 Å². The Morgan fingerprint density at radius 2 is 1.83 bits per heavy atom. The third-order valence-electron chi connectivity index (χ3n) is 3.59. The van der Waals surface area contributed by atoms with Crippen LogP contribution in [0.4, 0.5) is 5.69 Å². The fourth-order valence-corrected chi connectivity index (χ4v) is 3.13. The van der Waals surface area contributed by atoms with Gasteiger partial charge >= 0.3 is 5.97 Å². The number of amides is 1.